The van der Waals surface area contributed by atoms with Gasteiger partial charge in [0.15, 0.2) is 0 Å². The van der Waals surface area contributed by atoms with Crippen LogP contribution in [0.1, 0.15) is 44.9 Å². The van der Waals surface area contributed by atoms with Gasteiger partial charge in [0, 0.05) is 19.6 Å². The number of thioether (sulfide) groups is 1. The Morgan fingerprint density at radius 2 is 1.91 bits per heavy atom. The Labute approximate surface area is 140 Å². The summed E-state index contributed by atoms with van der Waals surface area (Å²) in [6.45, 7) is 5.49. The Kier molecular flexibility index (Phi) is 8.04. The zero-order chi connectivity index (χ0) is 15.8. The van der Waals surface area contributed by atoms with Gasteiger partial charge in [0.25, 0.3) is 0 Å². The quantitative estimate of drug-likeness (QED) is 0.812. The summed E-state index contributed by atoms with van der Waals surface area (Å²) >= 11 is 1.76. The van der Waals surface area contributed by atoms with E-state index in [0.717, 1.165) is 31.7 Å². The Balaban J connectivity index is 1.79. The number of carbonyl (C=O) groups excluding carboxylic acids is 1. The Hall–Kier alpha value is -0.260. The molecule has 2 N–H and O–H groups in total. The van der Waals surface area contributed by atoms with Gasteiger partial charge in [0.05, 0.1) is 6.04 Å². The molecule has 2 atom stereocenters. The molecule has 0 saturated carbocycles. The van der Waals surface area contributed by atoms with Crippen LogP contribution in [0, 0.1) is 5.92 Å². The minimum absolute atomic E-state index is 0.176. The second-order valence-corrected chi connectivity index (χ2v) is 7.88. The van der Waals surface area contributed by atoms with Crippen LogP contribution in [0.3, 0.4) is 0 Å². The lowest BCUT2D eigenvalue weighted by Gasteiger charge is -2.36. The van der Waals surface area contributed by atoms with Crippen molar-refractivity contribution < 1.29 is 4.79 Å². The summed E-state index contributed by atoms with van der Waals surface area (Å²) in [4.78, 5) is 17.1. The first kappa shape index (κ1) is 18.1. The van der Waals surface area contributed by atoms with Gasteiger partial charge in [-0.2, -0.15) is 11.8 Å². The van der Waals surface area contributed by atoms with Crippen molar-refractivity contribution in [2.75, 3.05) is 44.7 Å². The van der Waals surface area contributed by atoms with Gasteiger partial charge in [0.2, 0.25) is 5.91 Å². The number of hydrogen-bond acceptors (Lipinski definition) is 4. The van der Waals surface area contributed by atoms with E-state index in [9.17, 15) is 4.79 Å². The average molecular weight is 328 g/mol. The van der Waals surface area contributed by atoms with Crippen molar-refractivity contribution in [3.05, 3.63) is 0 Å². The highest BCUT2D eigenvalue weighted by atomic mass is 32.2. The molecule has 2 saturated heterocycles. The topological polar surface area (TPSA) is 49.6 Å². The van der Waals surface area contributed by atoms with Crippen molar-refractivity contribution in [3.63, 3.8) is 0 Å². The fourth-order valence-electron chi connectivity index (χ4n) is 3.70. The summed E-state index contributed by atoms with van der Waals surface area (Å²) in [5.41, 5.74) is 6.07. The maximum absolute atomic E-state index is 12.5. The highest BCUT2D eigenvalue weighted by Gasteiger charge is 2.28. The predicted octanol–water partition coefficient (Wildman–Crippen LogP) is 2.18. The van der Waals surface area contributed by atoms with Gasteiger partial charge in [-0.25, -0.2) is 0 Å². The molecule has 0 aromatic rings. The first-order valence-corrected chi connectivity index (χ1v) is 10.4. The van der Waals surface area contributed by atoms with E-state index in [2.05, 4.69) is 11.2 Å². The molecule has 5 heteroatoms. The number of nitrogens with zero attached hydrogens (tertiary/aromatic N) is 2. The molecule has 22 heavy (non-hydrogen) atoms. The van der Waals surface area contributed by atoms with Crippen molar-refractivity contribution in [1.82, 2.24) is 9.80 Å². The van der Waals surface area contributed by atoms with Crippen molar-refractivity contribution in [2.24, 2.45) is 11.7 Å². The van der Waals surface area contributed by atoms with E-state index in [1.807, 2.05) is 4.90 Å². The van der Waals surface area contributed by atoms with Gasteiger partial charge in [-0.05, 0) is 63.1 Å². The molecular weight excluding hydrogens is 294 g/mol. The molecule has 128 valence electrons. The third-order valence-electron chi connectivity index (χ3n) is 5.00. The van der Waals surface area contributed by atoms with Crippen molar-refractivity contribution >= 4 is 17.7 Å². The highest BCUT2D eigenvalue weighted by Crippen LogP contribution is 2.20. The molecule has 2 heterocycles. The second-order valence-electron chi connectivity index (χ2n) is 6.90. The molecule has 0 aromatic heterocycles. The van der Waals surface area contributed by atoms with Crippen molar-refractivity contribution in [2.45, 2.75) is 51.0 Å². The first-order valence-electron chi connectivity index (χ1n) is 8.96. The molecule has 2 fully saturated rings. The number of amides is 1. The van der Waals surface area contributed by atoms with Crippen molar-refractivity contribution in [1.29, 1.82) is 0 Å². The Morgan fingerprint density at radius 3 is 2.59 bits per heavy atom. The minimum Gasteiger partial charge on any atom is -0.341 e. The zero-order valence-electron chi connectivity index (χ0n) is 14.1. The summed E-state index contributed by atoms with van der Waals surface area (Å²) in [5, 5.41) is 0. The van der Waals surface area contributed by atoms with Crippen LogP contribution in [0.2, 0.25) is 0 Å². The molecule has 2 aliphatic heterocycles. The van der Waals surface area contributed by atoms with Crippen LogP contribution in [0.15, 0.2) is 0 Å². The number of piperidine rings is 1. The van der Waals surface area contributed by atoms with E-state index in [0.29, 0.717) is 5.92 Å². The van der Waals surface area contributed by atoms with Crippen LogP contribution in [0.25, 0.3) is 0 Å². The van der Waals surface area contributed by atoms with Gasteiger partial charge >= 0.3 is 0 Å². The molecule has 0 aliphatic carbocycles. The lowest BCUT2D eigenvalue weighted by atomic mass is 9.96. The van der Waals surface area contributed by atoms with E-state index < -0.39 is 0 Å². The minimum atomic E-state index is -0.301. The van der Waals surface area contributed by atoms with E-state index in [1.165, 1.54) is 51.7 Å². The van der Waals surface area contributed by atoms with Gasteiger partial charge in [-0.1, -0.05) is 12.8 Å². The summed E-state index contributed by atoms with van der Waals surface area (Å²) < 4.78 is 0. The molecule has 0 aromatic carbocycles. The van der Waals surface area contributed by atoms with E-state index >= 15 is 0 Å². The SMILES string of the molecule is CSCC[C@H](N)C(=O)N1CCCC(CN2CCCCCC2)C1. The number of hydrogen-bond donors (Lipinski definition) is 1. The maximum atomic E-state index is 12.5. The predicted molar refractivity (Wildman–Crippen MR) is 95.2 cm³/mol. The maximum Gasteiger partial charge on any atom is 0.239 e. The Bertz CT molecular complexity index is 332. The second kappa shape index (κ2) is 9.78. The van der Waals surface area contributed by atoms with Crippen LogP contribution >= 0.6 is 11.8 Å². The van der Waals surface area contributed by atoms with Crippen LogP contribution < -0.4 is 5.73 Å². The summed E-state index contributed by atoms with van der Waals surface area (Å²) in [6, 6.07) is -0.301. The van der Waals surface area contributed by atoms with Crippen LogP contribution in [-0.4, -0.2) is 66.5 Å². The molecule has 2 rings (SSSR count). The molecule has 4 nitrogen and oxygen atoms in total. The fourth-order valence-corrected chi connectivity index (χ4v) is 4.19. The summed E-state index contributed by atoms with van der Waals surface area (Å²) in [5.74, 6) is 1.79. The summed E-state index contributed by atoms with van der Waals surface area (Å²) in [7, 11) is 0. The number of carbonyl (C=O) groups is 1. The third kappa shape index (κ3) is 5.74. The lowest BCUT2D eigenvalue weighted by Crippen LogP contribution is -2.49. The van der Waals surface area contributed by atoms with E-state index in [1.54, 1.807) is 11.8 Å². The van der Waals surface area contributed by atoms with Crippen LogP contribution in [0.4, 0.5) is 0 Å². The first-order chi connectivity index (χ1) is 10.7. The molecule has 1 unspecified atom stereocenters. The number of nitrogens with two attached hydrogens (primary N) is 1. The highest BCUT2D eigenvalue weighted by molar-refractivity contribution is 7.98. The fraction of sp³-hybridized carbons (Fsp3) is 0.941. The molecule has 0 bridgehead atoms. The monoisotopic (exact) mass is 327 g/mol. The number of likely N-dealkylation sites (tertiary alicyclic amines) is 2. The average Bonchev–Trinajstić information content (AvgIpc) is 2.80. The molecule has 2 aliphatic rings. The van der Waals surface area contributed by atoms with Gasteiger partial charge < -0.3 is 15.5 Å². The normalized spacial score (nSPS) is 25.7. The smallest absolute Gasteiger partial charge is 0.239 e. The molecule has 0 spiro atoms. The zero-order valence-corrected chi connectivity index (χ0v) is 15.0. The van der Waals surface area contributed by atoms with Gasteiger partial charge in [0.1, 0.15) is 0 Å². The number of rotatable bonds is 6. The molecular formula is C17H33N3OS. The van der Waals surface area contributed by atoms with Gasteiger partial charge in [-0.3, -0.25) is 4.79 Å². The van der Waals surface area contributed by atoms with E-state index in [-0.39, 0.29) is 11.9 Å². The standard InChI is InChI=1S/C17H33N3OS/c1-22-12-8-16(18)17(21)20-11-6-7-15(14-20)13-19-9-4-2-3-5-10-19/h15-16H,2-14,18H2,1H3/t15?,16-/m0/s1. The third-order valence-corrected chi connectivity index (χ3v) is 5.64. The van der Waals surface area contributed by atoms with Crippen LogP contribution in [0.5, 0.6) is 0 Å². The largest absolute Gasteiger partial charge is 0.341 e. The molecule has 1 amide bonds. The Morgan fingerprint density at radius 1 is 1.18 bits per heavy atom. The van der Waals surface area contributed by atoms with E-state index in [4.69, 9.17) is 5.73 Å². The summed E-state index contributed by atoms with van der Waals surface area (Å²) in [6.07, 6.45) is 10.7. The van der Waals surface area contributed by atoms with Crippen LogP contribution in [-0.2, 0) is 4.79 Å². The molecule has 0 radical (unpaired) electrons. The lowest BCUT2D eigenvalue weighted by molar-refractivity contribution is -0.134. The van der Waals surface area contributed by atoms with Crippen molar-refractivity contribution in [3.8, 4) is 0 Å². The van der Waals surface area contributed by atoms with Gasteiger partial charge in [-0.15, -0.1) is 0 Å².